The van der Waals surface area contributed by atoms with Gasteiger partial charge < -0.3 is 14.4 Å². The van der Waals surface area contributed by atoms with Crippen LogP contribution in [0.5, 0.6) is 5.75 Å². The van der Waals surface area contributed by atoms with Gasteiger partial charge in [0, 0.05) is 19.3 Å². The standard InChI is InChI=1S/C29H38F3N3O3/c1-5-20(3)18-34-28(33-4)35-15-13-21(14-16-35)19-38-26-12-11-24(17-25(26)29(30,31)32)22-7-9-23(10-8-22)27(36)37-6-2/h7,11-12,17-18,21,23H,4-6,8-10,13-16,19H2,1-3H3/b20-18+,34-28+. The fraction of sp³-hybridized carbons (Fsp3) is 0.552. The van der Waals surface area contributed by atoms with E-state index in [9.17, 15) is 18.0 Å². The number of piperidine rings is 1. The van der Waals surface area contributed by atoms with Crippen LogP contribution >= 0.6 is 0 Å². The number of esters is 1. The van der Waals surface area contributed by atoms with Crippen LogP contribution < -0.4 is 4.74 Å². The fourth-order valence-corrected chi connectivity index (χ4v) is 4.64. The van der Waals surface area contributed by atoms with Crippen molar-refractivity contribution < 1.29 is 27.4 Å². The van der Waals surface area contributed by atoms with Crippen LogP contribution in [0.1, 0.15) is 70.4 Å². The lowest BCUT2D eigenvalue weighted by Gasteiger charge is -2.32. The van der Waals surface area contributed by atoms with Crippen molar-refractivity contribution in [2.24, 2.45) is 21.8 Å². The maximum Gasteiger partial charge on any atom is 0.419 e. The summed E-state index contributed by atoms with van der Waals surface area (Å²) in [6.07, 6.45) is 3.09. The molecule has 1 atom stereocenters. The molecule has 1 aromatic rings. The lowest BCUT2D eigenvalue weighted by atomic mass is 9.86. The summed E-state index contributed by atoms with van der Waals surface area (Å²) in [6.45, 7) is 11.3. The molecule has 9 heteroatoms. The lowest BCUT2D eigenvalue weighted by molar-refractivity contribution is -0.148. The number of alkyl halides is 3. The van der Waals surface area contributed by atoms with E-state index in [0.29, 0.717) is 50.5 Å². The third-order valence-electron chi connectivity index (χ3n) is 7.16. The van der Waals surface area contributed by atoms with E-state index in [4.69, 9.17) is 9.47 Å². The molecule has 1 aliphatic carbocycles. The second-order valence-electron chi connectivity index (χ2n) is 9.82. The molecule has 208 valence electrons. The molecule has 0 amide bonds. The van der Waals surface area contributed by atoms with E-state index in [0.717, 1.165) is 30.4 Å². The van der Waals surface area contributed by atoms with Crippen LogP contribution in [0, 0.1) is 11.8 Å². The van der Waals surface area contributed by atoms with Gasteiger partial charge in [-0.3, -0.25) is 4.79 Å². The lowest BCUT2D eigenvalue weighted by Crippen LogP contribution is -2.39. The van der Waals surface area contributed by atoms with Crippen molar-refractivity contribution in [3.8, 4) is 5.75 Å². The highest BCUT2D eigenvalue weighted by molar-refractivity contribution is 5.84. The van der Waals surface area contributed by atoms with Crippen LogP contribution in [0.3, 0.4) is 0 Å². The van der Waals surface area contributed by atoms with Crippen molar-refractivity contribution in [3.05, 3.63) is 47.2 Å². The Morgan fingerprint density at radius 3 is 2.53 bits per heavy atom. The number of rotatable bonds is 8. The average Bonchev–Trinajstić information content (AvgIpc) is 2.92. The molecule has 1 aliphatic heterocycles. The number of halogens is 3. The molecule has 2 aliphatic rings. The van der Waals surface area contributed by atoms with Crippen molar-refractivity contribution in [1.29, 1.82) is 0 Å². The largest absolute Gasteiger partial charge is 0.493 e. The highest BCUT2D eigenvalue weighted by Crippen LogP contribution is 2.40. The minimum Gasteiger partial charge on any atom is -0.493 e. The van der Waals surface area contributed by atoms with Crippen LogP contribution in [-0.2, 0) is 15.7 Å². The Balaban J connectivity index is 1.63. The zero-order valence-corrected chi connectivity index (χ0v) is 22.5. The minimum atomic E-state index is -4.54. The first kappa shape index (κ1) is 29.5. The van der Waals surface area contributed by atoms with Crippen molar-refractivity contribution in [1.82, 2.24) is 4.90 Å². The van der Waals surface area contributed by atoms with E-state index in [-0.39, 0.29) is 30.2 Å². The Kier molecular flexibility index (Phi) is 10.6. The monoisotopic (exact) mass is 533 g/mol. The van der Waals surface area contributed by atoms with Gasteiger partial charge >= 0.3 is 12.1 Å². The van der Waals surface area contributed by atoms with E-state index < -0.39 is 11.7 Å². The van der Waals surface area contributed by atoms with Gasteiger partial charge in [-0.15, -0.1) is 0 Å². The maximum absolute atomic E-state index is 13.9. The Morgan fingerprint density at radius 1 is 1.21 bits per heavy atom. The normalized spacial score (nSPS) is 19.7. The molecule has 0 saturated carbocycles. The molecule has 38 heavy (non-hydrogen) atoms. The van der Waals surface area contributed by atoms with Crippen LogP contribution in [0.15, 0.2) is 46.0 Å². The second-order valence-corrected chi connectivity index (χ2v) is 9.82. The number of carbonyl (C=O) groups is 1. The number of hydrogen-bond donors (Lipinski definition) is 0. The molecule has 0 spiro atoms. The number of ether oxygens (including phenoxy) is 2. The summed E-state index contributed by atoms with van der Waals surface area (Å²) < 4.78 is 52.7. The predicted octanol–water partition coefficient (Wildman–Crippen LogP) is 6.91. The van der Waals surface area contributed by atoms with E-state index in [1.54, 1.807) is 19.2 Å². The molecular weight excluding hydrogens is 495 g/mol. The van der Waals surface area contributed by atoms with E-state index in [1.807, 2.05) is 17.9 Å². The highest BCUT2D eigenvalue weighted by atomic mass is 19.4. The summed E-state index contributed by atoms with van der Waals surface area (Å²) in [5.74, 6) is 0.0571. The molecule has 0 radical (unpaired) electrons. The topological polar surface area (TPSA) is 63.5 Å². The molecule has 6 nitrogen and oxygen atoms in total. The SMILES string of the molecule is C=N/C(=N\C=C(/C)CC)N1CCC(COc2ccc(C3=CCC(C(=O)OCC)CC3)cc2C(F)(F)F)CC1. The molecule has 0 bridgehead atoms. The van der Waals surface area contributed by atoms with E-state index >= 15 is 0 Å². The molecule has 1 unspecified atom stereocenters. The van der Waals surface area contributed by atoms with Gasteiger partial charge in [0.15, 0.2) is 0 Å². The van der Waals surface area contributed by atoms with Gasteiger partial charge in [0.2, 0.25) is 5.96 Å². The molecular formula is C29H38F3N3O3. The molecule has 1 fully saturated rings. The zero-order valence-electron chi connectivity index (χ0n) is 22.5. The van der Waals surface area contributed by atoms with Gasteiger partial charge in [0.05, 0.1) is 24.7 Å². The van der Waals surface area contributed by atoms with Gasteiger partial charge in [-0.1, -0.05) is 24.6 Å². The smallest absolute Gasteiger partial charge is 0.419 e. The highest BCUT2D eigenvalue weighted by Gasteiger charge is 2.35. The quantitative estimate of drug-likeness (QED) is 0.207. The maximum atomic E-state index is 13.9. The number of allylic oxidation sites excluding steroid dienone is 3. The number of hydrogen-bond acceptors (Lipinski definition) is 4. The second kappa shape index (κ2) is 13.6. The van der Waals surface area contributed by atoms with Crippen molar-refractivity contribution in [2.45, 2.75) is 65.5 Å². The average molecular weight is 534 g/mol. The summed E-state index contributed by atoms with van der Waals surface area (Å²) in [7, 11) is 0. The number of benzene rings is 1. The number of nitrogens with zero attached hydrogens (tertiary/aromatic N) is 3. The van der Waals surface area contributed by atoms with Gasteiger partial charge in [-0.25, -0.2) is 9.98 Å². The summed E-state index contributed by atoms with van der Waals surface area (Å²) in [6, 6.07) is 4.26. The van der Waals surface area contributed by atoms with Crippen LogP contribution in [0.25, 0.3) is 5.57 Å². The molecule has 3 rings (SSSR count). The predicted molar refractivity (Wildman–Crippen MR) is 144 cm³/mol. The molecule has 1 heterocycles. The van der Waals surface area contributed by atoms with Gasteiger partial charge in [0.1, 0.15) is 5.75 Å². The van der Waals surface area contributed by atoms with Crippen molar-refractivity contribution in [3.63, 3.8) is 0 Å². The number of guanidine groups is 1. The minimum absolute atomic E-state index is 0.131. The number of aliphatic imine (C=N–C) groups is 2. The van der Waals surface area contributed by atoms with Gasteiger partial charge in [0.25, 0.3) is 0 Å². The molecule has 1 aromatic carbocycles. The summed E-state index contributed by atoms with van der Waals surface area (Å²) in [5, 5.41) is 0. The Bertz CT molecular complexity index is 1070. The van der Waals surface area contributed by atoms with Crippen molar-refractivity contribution in [2.75, 3.05) is 26.3 Å². The van der Waals surface area contributed by atoms with E-state index in [2.05, 4.69) is 23.6 Å². The van der Waals surface area contributed by atoms with Gasteiger partial charge in [-0.05, 0) is 88.3 Å². The van der Waals surface area contributed by atoms with Gasteiger partial charge in [-0.2, -0.15) is 13.2 Å². The first-order chi connectivity index (χ1) is 18.2. The third kappa shape index (κ3) is 7.95. The summed E-state index contributed by atoms with van der Waals surface area (Å²) in [4.78, 5) is 22.5. The van der Waals surface area contributed by atoms with Crippen LogP contribution in [0.2, 0.25) is 0 Å². The molecule has 1 saturated heterocycles. The van der Waals surface area contributed by atoms with Crippen LogP contribution in [-0.4, -0.2) is 49.8 Å². The Labute approximate surface area is 223 Å². The summed E-state index contributed by atoms with van der Waals surface area (Å²) in [5.41, 5.74) is 1.69. The third-order valence-corrected chi connectivity index (χ3v) is 7.16. The molecule has 0 aromatic heterocycles. The fourth-order valence-electron chi connectivity index (χ4n) is 4.64. The van der Waals surface area contributed by atoms with Crippen molar-refractivity contribution >= 4 is 24.2 Å². The Morgan fingerprint density at radius 2 is 1.95 bits per heavy atom. The Hall–Kier alpha value is -3.10. The molecule has 0 N–H and O–H groups in total. The van der Waals surface area contributed by atoms with Crippen LogP contribution in [0.4, 0.5) is 13.2 Å². The first-order valence-corrected chi connectivity index (χ1v) is 13.3. The number of carbonyl (C=O) groups excluding carboxylic acids is 1. The summed E-state index contributed by atoms with van der Waals surface area (Å²) >= 11 is 0. The zero-order chi connectivity index (χ0) is 27.7. The number of likely N-dealkylation sites (tertiary alicyclic amines) is 1. The van der Waals surface area contributed by atoms with E-state index in [1.165, 1.54) is 12.1 Å². The first-order valence-electron chi connectivity index (χ1n) is 13.3.